The SMILES string of the molecule is CC(C)(CO)c1ccc(Br)cc1.CC(C)(CO[Si](C)(C)C(C)(C)C)c1ccc(Br)cc1. The zero-order valence-corrected chi connectivity index (χ0v) is 24.8. The maximum absolute atomic E-state index is 9.11. The molecule has 0 fully saturated rings. The van der Waals surface area contributed by atoms with E-state index in [1.165, 1.54) is 5.56 Å². The quantitative estimate of drug-likeness (QED) is 0.352. The lowest BCUT2D eigenvalue weighted by atomic mass is 9.86. The molecule has 0 amide bonds. The van der Waals surface area contributed by atoms with Gasteiger partial charge in [0.15, 0.2) is 8.32 Å². The van der Waals surface area contributed by atoms with E-state index in [0.717, 1.165) is 21.1 Å². The Bertz CT molecular complexity index is 805. The molecule has 0 spiro atoms. The highest BCUT2D eigenvalue weighted by Crippen LogP contribution is 2.38. The fourth-order valence-corrected chi connectivity index (χ4v) is 4.24. The van der Waals surface area contributed by atoms with Crippen molar-refractivity contribution in [1.82, 2.24) is 0 Å². The standard InChI is InChI=1S/C16H27BrOSi.C10H13BrO/c1-15(2,3)19(6,7)18-12-16(4,5)13-8-10-14(17)11-9-13;1-10(2,7-12)8-3-5-9(11)6-4-8/h8-11H,12H2,1-7H3;3-6,12H,7H2,1-2H3. The monoisotopic (exact) mass is 570 g/mol. The summed E-state index contributed by atoms with van der Waals surface area (Å²) < 4.78 is 8.56. The lowest BCUT2D eigenvalue weighted by Gasteiger charge is -2.39. The van der Waals surface area contributed by atoms with Crippen LogP contribution in [0.5, 0.6) is 0 Å². The summed E-state index contributed by atoms with van der Waals surface area (Å²) >= 11 is 6.86. The minimum Gasteiger partial charge on any atom is -0.416 e. The molecule has 0 aliphatic carbocycles. The molecule has 0 saturated heterocycles. The Labute approximate surface area is 208 Å². The van der Waals surface area contributed by atoms with Crippen molar-refractivity contribution in [1.29, 1.82) is 0 Å². The number of aliphatic hydroxyl groups excluding tert-OH is 1. The molecule has 0 aliphatic rings. The smallest absolute Gasteiger partial charge is 0.192 e. The Morgan fingerprint density at radius 1 is 0.710 bits per heavy atom. The van der Waals surface area contributed by atoms with Crippen molar-refractivity contribution in [3.05, 3.63) is 68.6 Å². The lowest BCUT2D eigenvalue weighted by molar-refractivity contribution is 0.218. The van der Waals surface area contributed by atoms with Gasteiger partial charge in [0, 0.05) is 26.4 Å². The van der Waals surface area contributed by atoms with E-state index in [-0.39, 0.29) is 22.5 Å². The summed E-state index contributed by atoms with van der Waals surface area (Å²) in [5.41, 5.74) is 2.40. The summed E-state index contributed by atoms with van der Waals surface area (Å²) in [4.78, 5) is 0. The van der Waals surface area contributed by atoms with E-state index >= 15 is 0 Å². The number of benzene rings is 2. The molecule has 2 nitrogen and oxygen atoms in total. The molecule has 0 radical (unpaired) electrons. The molecule has 5 heteroatoms. The molecule has 0 saturated carbocycles. The van der Waals surface area contributed by atoms with Gasteiger partial charge in [-0.05, 0) is 53.5 Å². The number of hydrogen-bond acceptors (Lipinski definition) is 2. The Balaban J connectivity index is 0.000000343. The molecule has 2 aromatic carbocycles. The topological polar surface area (TPSA) is 29.5 Å². The van der Waals surface area contributed by atoms with Crippen LogP contribution in [0.3, 0.4) is 0 Å². The predicted octanol–water partition coefficient (Wildman–Crippen LogP) is 8.47. The van der Waals surface area contributed by atoms with E-state index in [4.69, 9.17) is 9.53 Å². The lowest BCUT2D eigenvalue weighted by Crippen LogP contribution is -2.43. The van der Waals surface area contributed by atoms with Crippen LogP contribution in [0.25, 0.3) is 0 Å². The molecule has 2 aromatic rings. The van der Waals surface area contributed by atoms with E-state index in [0.29, 0.717) is 0 Å². The molecule has 0 aliphatic heterocycles. The van der Waals surface area contributed by atoms with E-state index in [2.05, 4.69) is 104 Å². The number of halogens is 2. The molecule has 2 rings (SSSR count). The van der Waals surface area contributed by atoms with Gasteiger partial charge in [0.05, 0.1) is 6.61 Å². The molecule has 31 heavy (non-hydrogen) atoms. The Morgan fingerprint density at radius 3 is 1.39 bits per heavy atom. The average Bonchev–Trinajstić information content (AvgIpc) is 2.67. The van der Waals surface area contributed by atoms with Gasteiger partial charge in [-0.1, -0.05) is 105 Å². The third-order valence-electron chi connectivity index (χ3n) is 6.25. The first-order chi connectivity index (χ1) is 14.0. The second kappa shape index (κ2) is 11.1. The van der Waals surface area contributed by atoms with Crippen LogP contribution < -0.4 is 0 Å². The molecule has 0 atom stereocenters. The summed E-state index contributed by atoms with van der Waals surface area (Å²) in [7, 11) is -1.67. The zero-order valence-electron chi connectivity index (χ0n) is 20.6. The van der Waals surface area contributed by atoms with Crippen molar-refractivity contribution in [2.45, 2.75) is 77.4 Å². The van der Waals surface area contributed by atoms with Gasteiger partial charge in [-0.25, -0.2) is 0 Å². The fourth-order valence-electron chi connectivity index (χ4n) is 2.55. The van der Waals surface area contributed by atoms with Crippen molar-refractivity contribution in [3.63, 3.8) is 0 Å². The zero-order chi connectivity index (χ0) is 24.1. The minimum atomic E-state index is -1.67. The third kappa shape index (κ3) is 8.77. The highest BCUT2D eigenvalue weighted by atomic mass is 79.9. The molecule has 174 valence electrons. The summed E-state index contributed by atoms with van der Waals surface area (Å²) in [5, 5.41) is 9.37. The first-order valence-electron chi connectivity index (χ1n) is 10.8. The van der Waals surface area contributed by atoms with Gasteiger partial charge in [-0.3, -0.25) is 0 Å². The van der Waals surface area contributed by atoms with Crippen LogP contribution >= 0.6 is 31.9 Å². The Kier molecular flexibility index (Phi) is 10.2. The Morgan fingerprint density at radius 2 is 1.06 bits per heavy atom. The van der Waals surface area contributed by atoms with E-state index in [9.17, 15) is 0 Å². The summed E-state index contributed by atoms with van der Waals surface area (Å²) in [6.07, 6.45) is 0. The maximum atomic E-state index is 9.11. The second-order valence-electron chi connectivity index (χ2n) is 11.0. The van der Waals surface area contributed by atoms with Gasteiger partial charge in [-0.2, -0.15) is 0 Å². The first kappa shape index (κ1) is 28.6. The van der Waals surface area contributed by atoms with Crippen LogP contribution in [-0.2, 0) is 15.3 Å². The van der Waals surface area contributed by atoms with Crippen molar-refractivity contribution < 1.29 is 9.53 Å². The Hall–Kier alpha value is -0.463. The van der Waals surface area contributed by atoms with Crippen LogP contribution in [0.1, 0.15) is 59.6 Å². The fraction of sp³-hybridized carbons (Fsp3) is 0.538. The van der Waals surface area contributed by atoms with Crippen molar-refractivity contribution in [2.75, 3.05) is 13.2 Å². The van der Waals surface area contributed by atoms with Crippen LogP contribution in [-0.4, -0.2) is 26.6 Å². The number of rotatable bonds is 6. The van der Waals surface area contributed by atoms with Crippen LogP contribution in [0.2, 0.25) is 18.1 Å². The number of aliphatic hydroxyl groups is 1. The second-order valence-corrected chi connectivity index (χ2v) is 17.6. The normalized spacial score (nSPS) is 12.9. The summed E-state index contributed by atoms with van der Waals surface area (Å²) in [6, 6.07) is 16.6. The maximum Gasteiger partial charge on any atom is 0.192 e. The van der Waals surface area contributed by atoms with E-state index in [1.807, 2.05) is 38.1 Å². The highest BCUT2D eigenvalue weighted by Gasteiger charge is 2.38. The van der Waals surface area contributed by atoms with Crippen LogP contribution in [0.15, 0.2) is 57.5 Å². The molecular formula is C26H40Br2O2Si. The highest BCUT2D eigenvalue weighted by molar-refractivity contribution is 9.10. The van der Waals surface area contributed by atoms with Gasteiger partial charge >= 0.3 is 0 Å². The van der Waals surface area contributed by atoms with Gasteiger partial charge in [0.1, 0.15) is 0 Å². The minimum absolute atomic E-state index is 0.0518. The molecule has 0 bridgehead atoms. The third-order valence-corrected chi connectivity index (χ3v) is 11.8. The van der Waals surface area contributed by atoms with Gasteiger partial charge < -0.3 is 9.53 Å². The van der Waals surface area contributed by atoms with Gasteiger partial charge in [-0.15, -0.1) is 0 Å². The van der Waals surface area contributed by atoms with Crippen LogP contribution in [0.4, 0.5) is 0 Å². The molecule has 1 N–H and O–H groups in total. The van der Waals surface area contributed by atoms with Gasteiger partial charge in [0.25, 0.3) is 0 Å². The summed E-state index contributed by atoms with van der Waals surface area (Å²) in [6.45, 7) is 21.0. The molecule has 0 aromatic heterocycles. The first-order valence-corrected chi connectivity index (χ1v) is 15.3. The molecule has 0 unspecified atom stereocenters. The number of hydrogen-bond donors (Lipinski definition) is 1. The van der Waals surface area contributed by atoms with Crippen molar-refractivity contribution >= 4 is 40.2 Å². The molecular weight excluding hydrogens is 532 g/mol. The average molecular weight is 572 g/mol. The van der Waals surface area contributed by atoms with Gasteiger partial charge in [0.2, 0.25) is 0 Å². The molecule has 0 heterocycles. The largest absolute Gasteiger partial charge is 0.416 e. The van der Waals surface area contributed by atoms with Crippen molar-refractivity contribution in [3.8, 4) is 0 Å². The van der Waals surface area contributed by atoms with Crippen molar-refractivity contribution in [2.24, 2.45) is 0 Å². The van der Waals surface area contributed by atoms with E-state index in [1.54, 1.807) is 0 Å². The van der Waals surface area contributed by atoms with E-state index < -0.39 is 8.32 Å². The van der Waals surface area contributed by atoms with Crippen LogP contribution in [0, 0.1) is 0 Å². The summed E-state index contributed by atoms with van der Waals surface area (Å²) in [5.74, 6) is 0. The predicted molar refractivity (Wildman–Crippen MR) is 145 cm³/mol.